The molecule has 0 unspecified atom stereocenters. The summed E-state index contributed by atoms with van der Waals surface area (Å²) in [6, 6.07) is 42.2. The Kier molecular flexibility index (Phi) is 25.7. The van der Waals surface area contributed by atoms with Crippen LogP contribution in [0.25, 0.3) is 44.1 Å². The second-order valence-corrected chi connectivity index (χ2v) is 31.8. The van der Waals surface area contributed by atoms with Crippen molar-refractivity contribution in [1.29, 1.82) is 0 Å². The number of aromatic amines is 2. The Balaban J connectivity index is 0.000000143. The summed E-state index contributed by atoms with van der Waals surface area (Å²) in [4.78, 5) is 109. The minimum Gasteiger partial charge on any atom is -0.493 e. The zero-order valence-corrected chi connectivity index (χ0v) is 70.2. The van der Waals surface area contributed by atoms with E-state index in [-0.39, 0.29) is 33.5 Å². The second-order valence-electron chi connectivity index (χ2n) is 31.8. The minimum absolute atomic E-state index is 0.120. The highest BCUT2D eigenvalue weighted by atomic mass is 16.5. The average molecular weight is 1690 g/mol. The minimum atomic E-state index is -0.453. The average Bonchev–Trinajstić information content (AvgIpc) is 1.48. The molecule has 16 N–H and O–H groups in total. The molecule has 125 heavy (non-hydrogen) atoms. The fraction of sp³-hybridized carbons (Fsp3) is 0.212. The highest BCUT2D eigenvalue weighted by Crippen LogP contribution is 2.36. The van der Waals surface area contributed by atoms with Gasteiger partial charge in [0.25, 0.3) is 5.91 Å². The largest absolute Gasteiger partial charge is 0.493 e. The Morgan fingerprint density at radius 1 is 0.368 bits per heavy atom. The molecule has 16 aromatic rings. The summed E-state index contributed by atoms with van der Waals surface area (Å²) < 4.78 is 31.8. The fourth-order valence-corrected chi connectivity index (χ4v) is 11.4. The lowest BCUT2D eigenvalue weighted by molar-refractivity contribution is 0.102. The third kappa shape index (κ3) is 23.0. The molecule has 0 aliphatic carbocycles. The molecule has 9 amide bonds. The molecule has 0 bridgehead atoms. The van der Waals surface area contributed by atoms with Gasteiger partial charge in [0.05, 0.1) is 37.9 Å². The Morgan fingerprint density at radius 3 is 1.17 bits per heavy atom. The monoisotopic (exact) mass is 1690 g/mol. The maximum atomic E-state index is 12.5. The highest BCUT2D eigenvalue weighted by molar-refractivity contribution is 6.05. The number of amides is 9. The van der Waals surface area contributed by atoms with Gasteiger partial charge < -0.3 is 85.8 Å². The van der Waals surface area contributed by atoms with E-state index in [1.54, 1.807) is 154 Å². The summed E-state index contributed by atoms with van der Waals surface area (Å²) in [6.07, 6.45) is 9.33. The lowest BCUT2D eigenvalue weighted by Gasteiger charge is -2.12. The van der Waals surface area contributed by atoms with E-state index in [4.69, 9.17) is 33.3 Å². The third-order valence-electron chi connectivity index (χ3n) is 18.0. The standard InChI is InChI=1S/C24H26N6O4.C23H22N6O3.C19H21N9O2.C19H20N8O2/c1-24(2,3)20-12-21(30-34-20)29-23(31)28-15-8-6-14(7-9-15)27-22-16-10-18(32-4)19(33-5)11-17(16)25-13-26-22;1-23(2,3)19-12-20(29-32-19)28-22(31)26-16-7-5-15(6-8-16)25-21(30)18-9-4-14-13-24-11-10-17(14)27-18;1-19(2,3)12-8-13(28-30-12)25-18(29)24-11-6-4-10(5-7-11)23-16-14-15(22-9-21-14)26-17(20)27-16;1-19(2,3)13-8-14(27-29-13)26-18(28)25-12-6-4-11(5-7-12)24-17-15-16(21-9-20-15)22-10-23-17/h6-13H,1-5H3,(H,25,26,27)(H2,28,29,30,31);4-13H,1-3H3,(H,25,30)(H2,26,28,29,31);4-9H,1-3H3,(H2,24,25,28,29)(H4,20,21,22,23,26,27);4-10H,1-3H3,(H2,25,26,27,28)(H2,20,21,22,23,24). The van der Waals surface area contributed by atoms with Crippen LogP contribution >= 0.6 is 0 Å². The fourth-order valence-electron chi connectivity index (χ4n) is 11.4. The van der Waals surface area contributed by atoms with Gasteiger partial charge in [-0.05, 0) is 121 Å². The number of urea groups is 4. The van der Waals surface area contributed by atoms with Crippen LogP contribution in [0.1, 0.15) is 117 Å². The number of pyridine rings is 2. The van der Waals surface area contributed by atoms with Gasteiger partial charge >= 0.3 is 24.1 Å². The number of nitrogen functional groups attached to an aromatic ring is 1. The van der Waals surface area contributed by atoms with Gasteiger partial charge in [-0.25, -0.2) is 54.1 Å². The van der Waals surface area contributed by atoms with E-state index in [9.17, 15) is 24.0 Å². The first-order valence-corrected chi connectivity index (χ1v) is 38.6. The van der Waals surface area contributed by atoms with Gasteiger partial charge in [-0.3, -0.25) is 31.0 Å². The van der Waals surface area contributed by atoms with Crippen LogP contribution in [0.3, 0.4) is 0 Å². The number of carbonyl (C=O) groups excluding carboxylic acids is 5. The van der Waals surface area contributed by atoms with Crippen LogP contribution in [0.4, 0.5) is 111 Å². The number of fused-ring (bicyclic) bond motifs is 4. The van der Waals surface area contributed by atoms with Crippen LogP contribution in [0.2, 0.25) is 0 Å². The number of aromatic nitrogens is 16. The van der Waals surface area contributed by atoms with E-state index in [0.29, 0.717) is 137 Å². The Hall–Kier alpha value is -16.7. The first-order chi connectivity index (χ1) is 59.7. The predicted molar refractivity (Wildman–Crippen MR) is 475 cm³/mol. The molecule has 0 saturated heterocycles. The molecule has 0 aliphatic rings. The molecule has 0 radical (unpaired) electrons. The van der Waals surface area contributed by atoms with Crippen molar-refractivity contribution in [1.82, 2.24) is 80.4 Å². The van der Waals surface area contributed by atoms with Crippen molar-refractivity contribution >= 4 is 166 Å². The molecule has 0 saturated carbocycles. The van der Waals surface area contributed by atoms with E-state index in [1.165, 1.54) is 19.0 Å². The van der Waals surface area contributed by atoms with Crippen molar-refractivity contribution in [3.05, 3.63) is 218 Å². The van der Waals surface area contributed by atoms with E-state index < -0.39 is 24.1 Å². The van der Waals surface area contributed by atoms with Crippen molar-refractivity contribution in [2.75, 3.05) is 83.8 Å². The number of hydrogen-bond donors (Lipinski definition) is 15. The first kappa shape index (κ1) is 86.1. The van der Waals surface area contributed by atoms with Crippen molar-refractivity contribution < 1.29 is 51.5 Å². The quantitative estimate of drug-likeness (QED) is 0.0379. The van der Waals surface area contributed by atoms with Gasteiger partial charge in [0.15, 0.2) is 57.7 Å². The first-order valence-electron chi connectivity index (χ1n) is 38.6. The lowest BCUT2D eigenvalue weighted by Crippen LogP contribution is -2.19. The summed E-state index contributed by atoms with van der Waals surface area (Å²) in [6.45, 7) is 24.0. The summed E-state index contributed by atoms with van der Waals surface area (Å²) in [7, 11) is 3.16. The number of nitrogens with zero attached hydrogens (tertiary/aromatic N) is 14. The van der Waals surface area contributed by atoms with Crippen LogP contribution in [0.15, 0.2) is 207 Å². The maximum absolute atomic E-state index is 12.5. The zero-order valence-electron chi connectivity index (χ0n) is 70.2. The van der Waals surface area contributed by atoms with Crippen LogP contribution in [0, 0.1) is 0 Å². The molecular formula is C85H89N29O11. The number of nitrogens with one attached hydrogen (secondary N) is 14. The van der Waals surface area contributed by atoms with E-state index >= 15 is 0 Å². The molecule has 0 fully saturated rings. The van der Waals surface area contributed by atoms with Gasteiger partial charge in [0.1, 0.15) is 58.2 Å². The van der Waals surface area contributed by atoms with Gasteiger partial charge in [-0.15, -0.1) is 0 Å². The van der Waals surface area contributed by atoms with Crippen LogP contribution in [-0.2, 0) is 21.7 Å². The summed E-state index contributed by atoms with van der Waals surface area (Å²) in [5.41, 5.74) is 14.4. The molecule has 11 aromatic heterocycles. The topological polar surface area (TPSA) is 539 Å². The van der Waals surface area contributed by atoms with Crippen molar-refractivity contribution in [2.45, 2.75) is 105 Å². The summed E-state index contributed by atoms with van der Waals surface area (Å²) in [5.74, 6) is 6.83. The molecule has 0 spiro atoms. The molecule has 0 atom stereocenters. The van der Waals surface area contributed by atoms with Gasteiger partial charge in [-0.2, -0.15) is 9.97 Å². The van der Waals surface area contributed by atoms with Crippen molar-refractivity contribution in [3.8, 4) is 11.5 Å². The Morgan fingerprint density at radius 2 is 0.744 bits per heavy atom. The molecule has 40 heteroatoms. The van der Waals surface area contributed by atoms with E-state index in [1.807, 2.05) is 113 Å². The van der Waals surface area contributed by atoms with Crippen molar-refractivity contribution in [2.24, 2.45) is 0 Å². The second kappa shape index (κ2) is 37.3. The van der Waals surface area contributed by atoms with Gasteiger partial charge in [0.2, 0.25) is 5.95 Å². The number of anilines is 16. The third-order valence-corrected chi connectivity index (χ3v) is 18.0. The van der Waals surface area contributed by atoms with Crippen LogP contribution in [-0.4, -0.2) is 125 Å². The number of benzene rings is 5. The molecule has 16 rings (SSSR count). The number of hydrogen-bond acceptors (Lipinski definition) is 29. The maximum Gasteiger partial charge on any atom is 0.324 e. The number of H-pyrrole nitrogens is 2. The Bertz CT molecular complexity index is 6480. The predicted octanol–water partition coefficient (Wildman–Crippen LogP) is 17.8. The molecular weight excluding hydrogens is 1600 g/mol. The lowest BCUT2D eigenvalue weighted by atomic mass is 9.93. The molecule has 640 valence electrons. The van der Waals surface area contributed by atoms with Crippen LogP contribution in [0.5, 0.6) is 11.5 Å². The molecule has 11 heterocycles. The van der Waals surface area contributed by atoms with E-state index in [0.717, 1.165) is 33.4 Å². The molecule has 5 aromatic carbocycles. The number of methoxy groups -OCH3 is 2. The number of nitrogens with two attached hydrogens (primary N) is 1. The summed E-state index contributed by atoms with van der Waals surface area (Å²) in [5, 5.41) is 51.1. The van der Waals surface area contributed by atoms with Gasteiger partial charge in [0, 0.05) is 121 Å². The molecule has 0 aliphatic heterocycles. The number of carbonyl (C=O) groups is 5. The number of ether oxygens (including phenoxy) is 2. The van der Waals surface area contributed by atoms with Crippen molar-refractivity contribution in [3.63, 3.8) is 0 Å². The molecule has 40 nitrogen and oxygen atoms in total. The zero-order chi connectivity index (χ0) is 88.7. The van der Waals surface area contributed by atoms with E-state index in [2.05, 4.69) is 144 Å². The Labute approximate surface area is 713 Å². The smallest absolute Gasteiger partial charge is 0.324 e. The number of imidazole rings is 2. The highest BCUT2D eigenvalue weighted by Gasteiger charge is 2.26. The SMILES string of the molecule is CC(C)(C)c1cc(NC(=O)Nc2ccc(NC(=O)c3ccc4cnccc4n3)cc2)no1.CC(C)(C)c1cc(NC(=O)Nc2ccc(Nc3nc(N)nc4nc[nH]c34)cc2)no1.CC(C)(C)c1cc(NC(=O)Nc2ccc(Nc3ncnc4nc[nH]c34)cc2)no1.COc1cc2ncnc(Nc3ccc(NC(=O)Nc4cc(C(C)(C)C)on4)cc3)c2cc1OC. The summed E-state index contributed by atoms with van der Waals surface area (Å²) >= 11 is 0. The normalized spacial score (nSPS) is 11.3. The number of rotatable bonds is 18. The van der Waals surface area contributed by atoms with Crippen LogP contribution < -0.4 is 79.0 Å². The van der Waals surface area contributed by atoms with Gasteiger partial charge in [-0.1, -0.05) is 104 Å².